The Bertz CT molecular complexity index is 898. The van der Waals surface area contributed by atoms with Gasteiger partial charge in [-0.05, 0) is 12.1 Å². The van der Waals surface area contributed by atoms with E-state index in [1.807, 2.05) is 0 Å². The summed E-state index contributed by atoms with van der Waals surface area (Å²) >= 11 is 0. The number of aryl methyl sites for hydroxylation is 1. The van der Waals surface area contributed by atoms with Crippen molar-refractivity contribution in [1.29, 1.82) is 0 Å². The highest BCUT2D eigenvalue weighted by atomic mass is 19.4. The Morgan fingerprint density at radius 2 is 2.00 bits per heavy atom. The molecule has 0 aliphatic carbocycles. The highest BCUT2D eigenvalue weighted by molar-refractivity contribution is 5.74. The molecule has 0 fully saturated rings. The Hall–Kier alpha value is -2.91. The molecular formula is C12H9F3N6O. The zero-order valence-corrected chi connectivity index (χ0v) is 11.2. The fraction of sp³-hybridized carbons (Fsp3) is 0.167. The summed E-state index contributed by atoms with van der Waals surface area (Å²) in [5.74, 6) is 0. The van der Waals surface area contributed by atoms with Crippen LogP contribution in [0.4, 0.5) is 18.9 Å². The Balaban J connectivity index is 2.18. The summed E-state index contributed by atoms with van der Waals surface area (Å²) in [7, 11) is 1.66. The standard InChI is InChI=1S/C12H9F3N6O/c1-20-6-8(5-17-20)19-21-10-7(4-16-11(21)22)2-3-9(18-10)12(13,14)15/h2-6,19H,1H3. The fourth-order valence-corrected chi connectivity index (χ4v) is 1.88. The van der Waals surface area contributed by atoms with Crippen LogP contribution in [0, 0.1) is 0 Å². The second kappa shape index (κ2) is 4.83. The van der Waals surface area contributed by atoms with Crippen molar-refractivity contribution in [2.45, 2.75) is 6.18 Å². The van der Waals surface area contributed by atoms with E-state index in [1.54, 1.807) is 13.2 Å². The van der Waals surface area contributed by atoms with Crippen LogP contribution in [0.2, 0.25) is 0 Å². The third-order valence-corrected chi connectivity index (χ3v) is 2.86. The maximum atomic E-state index is 12.8. The number of rotatable bonds is 2. The summed E-state index contributed by atoms with van der Waals surface area (Å²) < 4.78 is 40.7. The van der Waals surface area contributed by atoms with Crippen LogP contribution < -0.4 is 11.1 Å². The van der Waals surface area contributed by atoms with E-state index < -0.39 is 17.6 Å². The lowest BCUT2D eigenvalue weighted by atomic mass is 10.3. The van der Waals surface area contributed by atoms with Crippen molar-refractivity contribution in [3.05, 3.63) is 46.9 Å². The fourth-order valence-electron chi connectivity index (χ4n) is 1.88. The van der Waals surface area contributed by atoms with Gasteiger partial charge in [-0.3, -0.25) is 10.1 Å². The molecule has 0 saturated heterocycles. The first kappa shape index (κ1) is 14.0. The molecule has 0 spiro atoms. The number of anilines is 1. The Morgan fingerprint density at radius 1 is 1.23 bits per heavy atom. The van der Waals surface area contributed by atoms with E-state index in [4.69, 9.17) is 0 Å². The molecule has 3 rings (SSSR count). The average molecular weight is 310 g/mol. The number of halogens is 3. The first-order valence-corrected chi connectivity index (χ1v) is 6.06. The second-order valence-corrected chi connectivity index (χ2v) is 4.50. The van der Waals surface area contributed by atoms with Crippen molar-refractivity contribution in [2.24, 2.45) is 7.05 Å². The third-order valence-electron chi connectivity index (χ3n) is 2.86. The zero-order valence-electron chi connectivity index (χ0n) is 11.2. The van der Waals surface area contributed by atoms with Gasteiger partial charge in [0.1, 0.15) is 5.69 Å². The quantitative estimate of drug-likeness (QED) is 0.774. The van der Waals surface area contributed by atoms with E-state index in [-0.39, 0.29) is 5.65 Å². The van der Waals surface area contributed by atoms with Crippen LogP contribution in [0.1, 0.15) is 5.69 Å². The predicted octanol–water partition coefficient (Wildman–Crippen LogP) is 1.42. The van der Waals surface area contributed by atoms with Crippen LogP contribution in [0.5, 0.6) is 0 Å². The van der Waals surface area contributed by atoms with Gasteiger partial charge in [0.25, 0.3) is 0 Å². The lowest BCUT2D eigenvalue weighted by Gasteiger charge is -2.11. The Kier molecular flexibility index (Phi) is 3.08. The van der Waals surface area contributed by atoms with Crippen molar-refractivity contribution in [3.8, 4) is 0 Å². The summed E-state index contributed by atoms with van der Waals surface area (Å²) in [6.45, 7) is 0. The molecule has 1 N–H and O–H groups in total. The summed E-state index contributed by atoms with van der Waals surface area (Å²) in [6.07, 6.45) is -0.462. The smallest absolute Gasteiger partial charge is 0.285 e. The molecule has 0 bridgehead atoms. The number of nitrogens with zero attached hydrogens (tertiary/aromatic N) is 5. The number of pyridine rings is 1. The lowest BCUT2D eigenvalue weighted by Crippen LogP contribution is -2.29. The van der Waals surface area contributed by atoms with Gasteiger partial charge in [0.05, 0.1) is 11.9 Å². The van der Waals surface area contributed by atoms with Gasteiger partial charge in [-0.2, -0.15) is 27.9 Å². The Morgan fingerprint density at radius 3 is 2.64 bits per heavy atom. The van der Waals surface area contributed by atoms with E-state index >= 15 is 0 Å². The van der Waals surface area contributed by atoms with Gasteiger partial charge in [0.15, 0.2) is 5.65 Å². The van der Waals surface area contributed by atoms with Gasteiger partial charge in [-0.1, -0.05) is 0 Å². The normalized spacial score (nSPS) is 11.8. The largest absolute Gasteiger partial charge is 0.433 e. The molecule has 0 saturated carbocycles. The van der Waals surface area contributed by atoms with Crippen LogP contribution in [-0.4, -0.2) is 24.4 Å². The highest BCUT2D eigenvalue weighted by Crippen LogP contribution is 2.28. The topological polar surface area (TPSA) is 77.6 Å². The molecule has 7 nitrogen and oxygen atoms in total. The van der Waals surface area contributed by atoms with Crippen molar-refractivity contribution >= 4 is 16.7 Å². The molecular weight excluding hydrogens is 301 g/mol. The van der Waals surface area contributed by atoms with Crippen LogP contribution >= 0.6 is 0 Å². The van der Waals surface area contributed by atoms with E-state index in [0.29, 0.717) is 11.1 Å². The number of aromatic nitrogens is 5. The van der Waals surface area contributed by atoms with E-state index in [1.165, 1.54) is 23.1 Å². The summed E-state index contributed by atoms with van der Waals surface area (Å²) in [6, 6.07) is 2.04. The minimum atomic E-state index is -4.60. The van der Waals surface area contributed by atoms with E-state index in [9.17, 15) is 18.0 Å². The van der Waals surface area contributed by atoms with Crippen LogP contribution in [-0.2, 0) is 13.2 Å². The molecule has 0 aliphatic heterocycles. The molecule has 3 aromatic rings. The van der Waals surface area contributed by atoms with Gasteiger partial charge in [0, 0.05) is 24.8 Å². The number of alkyl halides is 3. The highest BCUT2D eigenvalue weighted by Gasteiger charge is 2.32. The zero-order chi connectivity index (χ0) is 15.9. The first-order valence-electron chi connectivity index (χ1n) is 6.06. The summed E-state index contributed by atoms with van der Waals surface area (Å²) in [5.41, 5.74) is 1.02. The molecule has 10 heteroatoms. The molecule has 3 aromatic heterocycles. The molecule has 0 atom stereocenters. The van der Waals surface area contributed by atoms with E-state index in [0.717, 1.165) is 10.7 Å². The lowest BCUT2D eigenvalue weighted by molar-refractivity contribution is -0.141. The Labute approximate surface area is 121 Å². The van der Waals surface area contributed by atoms with Crippen molar-refractivity contribution in [1.82, 2.24) is 24.4 Å². The van der Waals surface area contributed by atoms with Gasteiger partial charge < -0.3 is 0 Å². The van der Waals surface area contributed by atoms with Crippen LogP contribution in [0.25, 0.3) is 11.0 Å². The number of hydrogen-bond acceptors (Lipinski definition) is 5. The molecule has 0 aromatic carbocycles. The van der Waals surface area contributed by atoms with Gasteiger partial charge in [-0.15, -0.1) is 0 Å². The monoisotopic (exact) mass is 310 g/mol. The van der Waals surface area contributed by atoms with Gasteiger partial charge in [0.2, 0.25) is 0 Å². The number of nitrogens with one attached hydrogen (secondary N) is 1. The molecule has 3 heterocycles. The maximum Gasteiger partial charge on any atom is 0.433 e. The maximum absolute atomic E-state index is 12.8. The van der Waals surface area contributed by atoms with Crippen molar-refractivity contribution in [3.63, 3.8) is 0 Å². The minimum absolute atomic E-state index is 0.168. The first-order chi connectivity index (χ1) is 10.3. The molecule has 0 radical (unpaired) electrons. The predicted molar refractivity (Wildman–Crippen MR) is 71.0 cm³/mol. The SMILES string of the molecule is Cn1cc(Nn2c(=O)ncc3ccc(C(F)(F)F)nc32)cn1. The summed E-state index contributed by atoms with van der Waals surface area (Å²) in [5, 5.41) is 4.19. The van der Waals surface area contributed by atoms with Crippen molar-refractivity contribution in [2.75, 3.05) is 5.43 Å². The van der Waals surface area contributed by atoms with Crippen LogP contribution in [0.15, 0.2) is 35.5 Å². The number of hydrogen-bond donors (Lipinski definition) is 1. The van der Waals surface area contributed by atoms with Gasteiger partial charge in [-0.25, -0.2) is 9.78 Å². The van der Waals surface area contributed by atoms with Crippen LogP contribution in [0.3, 0.4) is 0 Å². The number of fused-ring (bicyclic) bond motifs is 1. The molecule has 22 heavy (non-hydrogen) atoms. The van der Waals surface area contributed by atoms with E-state index in [2.05, 4.69) is 20.5 Å². The molecule has 114 valence electrons. The van der Waals surface area contributed by atoms with Crippen molar-refractivity contribution < 1.29 is 13.2 Å². The molecule has 0 amide bonds. The molecule has 0 aliphatic rings. The third kappa shape index (κ3) is 2.50. The average Bonchev–Trinajstić information content (AvgIpc) is 2.86. The second-order valence-electron chi connectivity index (χ2n) is 4.50. The molecule has 0 unspecified atom stereocenters. The summed E-state index contributed by atoms with van der Waals surface area (Å²) in [4.78, 5) is 19.0. The minimum Gasteiger partial charge on any atom is -0.285 e. The van der Waals surface area contributed by atoms with Gasteiger partial charge >= 0.3 is 11.9 Å².